The molecule has 3 aromatic rings. The minimum absolute atomic E-state index is 0.0815. The fourth-order valence-corrected chi connectivity index (χ4v) is 3.18. The predicted octanol–water partition coefficient (Wildman–Crippen LogP) is 4.34. The Morgan fingerprint density at radius 1 is 1.06 bits per heavy atom. The molecule has 10 nitrogen and oxygen atoms in total. The summed E-state index contributed by atoms with van der Waals surface area (Å²) in [5.41, 5.74) is -0.0689. The van der Waals surface area contributed by atoms with Gasteiger partial charge in [0.05, 0.1) is 31.8 Å². The zero-order chi connectivity index (χ0) is 24.8. The number of nitro groups is 1. The van der Waals surface area contributed by atoms with Crippen molar-refractivity contribution in [2.75, 3.05) is 27.9 Å². The van der Waals surface area contributed by atoms with Crippen LogP contribution in [-0.2, 0) is 16.1 Å². The fourth-order valence-electron chi connectivity index (χ4n) is 3.05. The summed E-state index contributed by atoms with van der Waals surface area (Å²) in [6.45, 7) is -0.494. The normalized spacial score (nSPS) is 10.5. The number of hydrogen-bond acceptors (Lipinski definition) is 8. The number of esters is 1. The third-order valence-electron chi connectivity index (χ3n) is 4.85. The van der Waals surface area contributed by atoms with Crippen LogP contribution in [0.5, 0.6) is 11.5 Å². The number of hydrogen-bond donors (Lipinski definition) is 0. The van der Waals surface area contributed by atoms with E-state index in [4.69, 9.17) is 30.2 Å². The van der Waals surface area contributed by atoms with Gasteiger partial charge in [-0.2, -0.15) is 0 Å². The van der Waals surface area contributed by atoms with Crippen molar-refractivity contribution in [3.8, 4) is 22.8 Å². The maximum atomic E-state index is 12.5. The summed E-state index contributed by atoms with van der Waals surface area (Å²) in [7, 11) is 4.15. The molecule has 0 saturated heterocycles. The summed E-state index contributed by atoms with van der Waals surface area (Å²) in [6.07, 6.45) is 0. The molecule has 1 heterocycles. The van der Waals surface area contributed by atoms with Crippen molar-refractivity contribution in [2.45, 2.75) is 6.54 Å². The molecule has 0 bridgehead atoms. The highest BCUT2D eigenvalue weighted by atomic mass is 35.5. The van der Waals surface area contributed by atoms with E-state index in [0.29, 0.717) is 16.5 Å². The van der Waals surface area contributed by atoms with E-state index in [-0.39, 0.29) is 23.6 Å². The summed E-state index contributed by atoms with van der Waals surface area (Å²) < 4.78 is 20.9. The molecule has 1 amide bonds. The van der Waals surface area contributed by atoms with Crippen molar-refractivity contribution >= 4 is 29.2 Å². The summed E-state index contributed by atoms with van der Waals surface area (Å²) in [5.74, 6) is -0.253. The van der Waals surface area contributed by atoms with Gasteiger partial charge >= 0.3 is 5.97 Å². The first kappa shape index (κ1) is 24.6. The average molecular weight is 489 g/mol. The van der Waals surface area contributed by atoms with E-state index in [1.807, 2.05) is 12.1 Å². The molecule has 0 aliphatic carbocycles. The van der Waals surface area contributed by atoms with Crippen LogP contribution in [0.25, 0.3) is 11.3 Å². The number of carbonyl (C=O) groups is 2. The zero-order valence-corrected chi connectivity index (χ0v) is 19.3. The average Bonchev–Trinajstić information content (AvgIpc) is 3.29. The minimum Gasteiger partial charge on any atom is -0.493 e. The molecular weight excluding hydrogens is 468 g/mol. The van der Waals surface area contributed by atoms with E-state index in [2.05, 4.69) is 0 Å². The third-order valence-corrected chi connectivity index (χ3v) is 5.11. The van der Waals surface area contributed by atoms with Gasteiger partial charge in [-0.25, -0.2) is 4.79 Å². The number of benzene rings is 2. The van der Waals surface area contributed by atoms with E-state index in [1.54, 1.807) is 24.3 Å². The summed E-state index contributed by atoms with van der Waals surface area (Å²) in [4.78, 5) is 36.9. The Hall–Kier alpha value is -4.05. The van der Waals surface area contributed by atoms with Crippen molar-refractivity contribution in [3.05, 3.63) is 75.0 Å². The molecule has 0 radical (unpaired) electrons. The number of furan rings is 1. The van der Waals surface area contributed by atoms with E-state index >= 15 is 0 Å². The molecule has 1 aromatic heterocycles. The molecule has 34 heavy (non-hydrogen) atoms. The largest absolute Gasteiger partial charge is 0.493 e. The quantitative estimate of drug-likeness (QED) is 0.247. The van der Waals surface area contributed by atoms with Gasteiger partial charge in [0.2, 0.25) is 0 Å². The van der Waals surface area contributed by atoms with Gasteiger partial charge in [-0.1, -0.05) is 11.6 Å². The van der Waals surface area contributed by atoms with Crippen molar-refractivity contribution in [3.63, 3.8) is 0 Å². The number of nitrogens with zero attached hydrogens (tertiary/aromatic N) is 2. The van der Waals surface area contributed by atoms with Gasteiger partial charge in [-0.05, 0) is 36.4 Å². The molecule has 0 aliphatic rings. The van der Waals surface area contributed by atoms with Crippen molar-refractivity contribution in [1.82, 2.24) is 4.90 Å². The topological polar surface area (TPSA) is 121 Å². The van der Waals surface area contributed by atoms with E-state index < -0.39 is 29.1 Å². The molecular formula is C23H21ClN2O8. The number of nitro benzene ring substituents is 1. The monoisotopic (exact) mass is 488 g/mol. The highest BCUT2D eigenvalue weighted by Gasteiger charge is 2.26. The van der Waals surface area contributed by atoms with Crippen molar-refractivity contribution < 1.29 is 33.1 Å². The van der Waals surface area contributed by atoms with Crippen LogP contribution in [0.15, 0.2) is 52.9 Å². The van der Waals surface area contributed by atoms with Gasteiger partial charge in [0.15, 0.2) is 18.1 Å². The lowest BCUT2D eigenvalue weighted by molar-refractivity contribution is -0.385. The standard InChI is InChI=1S/C23H21ClN2O8/c1-25(12-16-8-9-19(34-16)14-4-6-15(24)7-5-14)22(27)13-33-23(28)17-10-20(31-2)21(32-3)11-18(17)26(29)30/h4-11H,12-13H2,1-3H3. The predicted molar refractivity (Wildman–Crippen MR) is 122 cm³/mol. The molecule has 2 aromatic carbocycles. The maximum absolute atomic E-state index is 12.5. The van der Waals surface area contributed by atoms with Gasteiger partial charge in [0, 0.05) is 23.7 Å². The van der Waals surface area contributed by atoms with Crippen molar-refractivity contribution in [1.29, 1.82) is 0 Å². The van der Waals surface area contributed by atoms with Crippen LogP contribution in [0.3, 0.4) is 0 Å². The summed E-state index contributed by atoms with van der Waals surface area (Å²) >= 11 is 5.90. The minimum atomic E-state index is -1.04. The molecule has 0 aliphatic heterocycles. The van der Waals surface area contributed by atoms with Crippen LogP contribution in [-0.4, -0.2) is 49.6 Å². The fraction of sp³-hybridized carbons (Fsp3) is 0.217. The van der Waals surface area contributed by atoms with Gasteiger partial charge in [0.1, 0.15) is 17.1 Å². The van der Waals surface area contributed by atoms with Crippen LogP contribution in [0.1, 0.15) is 16.1 Å². The number of methoxy groups -OCH3 is 2. The number of likely N-dealkylation sites (N-methyl/N-ethyl adjacent to an activating group) is 1. The lowest BCUT2D eigenvalue weighted by Crippen LogP contribution is -2.30. The number of carbonyl (C=O) groups excluding carboxylic acids is 2. The number of ether oxygens (including phenoxy) is 3. The van der Waals surface area contributed by atoms with Crippen LogP contribution in [0, 0.1) is 10.1 Å². The van der Waals surface area contributed by atoms with E-state index in [0.717, 1.165) is 17.7 Å². The highest BCUT2D eigenvalue weighted by molar-refractivity contribution is 6.30. The van der Waals surface area contributed by atoms with Crippen LogP contribution < -0.4 is 9.47 Å². The Bertz CT molecular complexity index is 1210. The second kappa shape index (κ2) is 10.7. The third kappa shape index (κ3) is 5.65. The number of rotatable bonds is 9. The van der Waals surface area contributed by atoms with E-state index in [9.17, 15) is 19.7 Å². The van der Waals surface area contributed by atoms with Gasteiger partial charge in [0.25, 0.3) is 11.6 Å². The highest BCUT2D eigenvalue weighted by Crippen LogP contribution is 2.34. The zero-order valence-electron chi connectivity index (χ0n) is 18.6. The van der Waals surface area contributed by atoms with Crippen molar-refractivity contribution in [2.24, 2.45) is 0 Å². The SMILES string of the molecule is COc1cc(C(=O)OCC(=O)N(C)Cc2ccc(-c3ccc(Cl)cc3)o2)c([N+](=O)[O-])cc1OC. The Labute approximate surface area is 199 Å². The molecule has 0 atom stereocenters. The summed E-state index contributed by atoms with van der Waals surface area (Å²) in [5, 5.41) is 12.0. The smallest absolute Gasteiger partial charge is 0.345 e. The van der Waals surface area contributed by atoms with Crippen LogP contribution in [0.2, 0.25) is 5.02 Å². The molecule has 178 valence electrons. The van der Waals surface area contributed by atoms with Crippen LogP contribution in [0.4, 0.5) is 5.69 Å². The van der Waals surface area contributed by atoms with Gasteiger partial charge in [-0.15, -0.1) is 0 Å². The molecule has 3 rings (SSSR count). The molecule has 0 N–H and O–H groups in total. The molecule has 0 saturated carbocycles. The Morgan fingerprint density at radius 3 is 2.32 bits per heavy atom. The Kier molecular flexibility index (Phi) is 7.75. The first-order chi connectivity index (χ1) is 16.2. The van der Waals surface area contributed by atoms with E-state index in [1.165, 1.54) is 26.2 Å². The maximum Gasteiger partial charge on any atom is 0.345 e. The molecule has 0 fully saturated rings. The first-order valence-electron chi connectivity index (χ1n) is 9.89. The van der Waals surface area contributed by atoms with Gasteiger partial charge in [-0.3, -0.25) is 14.9 Å². The van der Waals surface area contributed by atoms with Crippen LogP contribution >= 0.6 is 11.6 Å². The Morgan fingerprint density at radius 2 is 1.71 bits per heavy atom. The first-order valence-corrected chi connectivity index (χ1v) is 10.3. The second-order valence-electron chi connectivity index (χ2n) is 7.08. The molecule has 0 spiro atoms. The number of amides is 1. The van der Waals surface area contributed by atoms with Gasteiger partial charge < -0.3 is 23.5 Å². The lowest BCUT2D eigenvalue weighted by Gasteiger charge is -2.16. The molecule has 0 unspecified atom stereocenters. The molecule has 11 heteroatoms. The summed E-state index contributed by atoms with van der Waals surface area (Å²) in [6, 6.07) is 12.8. The Balaban J connectivity index is 1.64. The number of halogens is 1. The second-order valence-corrected chi connectivity index (χ2v) is 7.52. The lowest BCUT2D eigenvalue weighted by atomic mass is 10.1.